The van der Waals surface area contributed by atoms with Crippen LogP contribution in [0, 0.1) is 18.8 Å². The summed E-state index contributed by atoms with van der Waals surface area (Å²) in [6, 6.07) is 15.1. The molecule has 166 valence electrons. The van der Waals surface area contributed by atoms with E-state index >= 15 is 0 Å². The van der Waals surface area contributed by atoms with Crippen molar-refractivity contribution in [2.45, 2.75) is 13.3 Å². The Balaban J connectivity index is 1.35. The number of carbonyl (C=O) groups is 2. The number of amides is 2. The van der Waals surface area contributed by atoms with Crippen LogP contribution in [0.1, 0.15) is 32.7 Å². The molecule has 2 fully saturated rings. The summed E-state index contributed by atoms with van der Waals surface area (Å²) in [7, 11) is -0.706. The van der Waals surface area contributed by atoms with Crippen LogP contribution in [0.3, 0.4) is 0 Å². The summed E-state index contributed by atoms with van der Waals surface area (Å²) in [5, 5.41) is 1.05. The third-order valence-corrected chi connectivity index (χ3v) is 9.04. The molecule has 0 saturated carbocycles. The number of rotatable bonds is 2. The highest BCUT2D eigenvalue weighted by atomic mass is 32.2. The number of aryl methyl sites for hydroxylation is 2. The third kappa shape index (κ3) is 3.97. The quantitative estimate of drug-likeness (QED) is 0.596. The lowest BCUT2D eigenvalue weighted by Crippen LogP contribution is -2.50. The molecule has 3 aromatic rings. The third-order valence-electron chi connectivity index (χ3n) is 6.55. The van der Waals surface area contributed by atoms with Crippen LogP contribution in [-0.2, 0) is 16.8 Å². The number of nitrogens with zero attached hydrogens (tertiary/aromatic N) is 3. The SMILES string of the molecule is Cc1cccc(C(=O)N2CC3CC(C2)CS(=O)(=NC(=O)c2ccc4ccn(C)c4c2)C3)c1. The molecule has 3 heterocycles. The van der Waals surface area contributed by atoms with E-state index in [0.29, 0.717) is 35.7 Å². The van der Waals surface area contributed by atoms with Crippen molar-refractivity contribution in [1.82, 2.24) is 9.47 Å². The van der Waals surface area contributed by atoms with E-state index in [4.69, 9.17) is 0 Å². The summed E-state index contributed by atoms with van der Waals surface area (Å²) in [4.78, 5) is 27.8. The fourth-order valence-corrected chi connectivity index (χ4v) is 7.81. The largest absolute Gasteiger partial charge is 0.351 e. The van der Waals surface area contributed by atoms with Gasteiger partial charge in [-0.1, -0.05) is 23.8 Å². The zero-order valence-electron chi connectivity index (χ0n) is 18.4. The first kappa shape index (κ1) is 20.9. The molecular weight excluding hydrogens is 422 g/mol. The van der Waals surface area contributed by atoms with Gasteiger partial charge in [0, 0.05) is 54.5 Å². The van der Waals surface area contributed by atoms with Crippen LogP contribution in [0.5, 0.6) is 0 Å². The maximum Gasteiger partial charge on any atom is 0.285 e. The number of fused-ring (bicyclic) bond motifs is 3. The lowest BCUT2D eigenvalue weighted by Gasteiger charge is -2.42. The first-order chi connectivity index (χ1) is 15.3. The lowest BCUT2D eigenvalue weighted by molar-refractivity contribution is 0.0618. The van der Waals surface area contributed by atoms with Crippen LogP contribution in [0.15, 0.2) is 59.1 Å². The molecule has 0 spiro atoms. The number of hydrogen-bond acceptors (Lipinski definition) is 3. The predicted molar refractivity (Wildman–Crippen MR) is 126 cm³/mol. The van der Waals surface area contributed by atoms with Gasteiger partial charge in [0.05, 0.1) is 9.73 Å². The van der Waals surface area contributed by atoms with Gasteiger partial charge in [0.25, 0.3) is 11.8 Å². The molecule has 2 aliphatic heterocycles. The van der Waals surface area contributed by atoms with Crippen LogP contribution >= 0.6 is 0 Å². The highest BCUT2D eigenvalue weighted by Crippen LogP contribution is 2.32. The average Bonchev–Trinajstić information content (AvgIpc) is 3.12. The number of aromatic nitrogens is 1. The second kappa shape index (κ2) is 7.89. The summed E-state index contributed by atoms with van der Waals surface area (Å²) >= 11 is 0. The number of piperidine rings is 1. The van der Waals surface area contributed by atoms with E-state index in [-0.39, 0.29) is 17.7 Å². The second-order valence-corrected chi connectivity index (χ2v) is 11.6. The van der Waals surface area contributed by atoms with Crippen LogP contribution in [0.4, 0.5) is 0 Å². The van der Waals surface area contributed by atoms with Crippen LogP contribution in [0.25, 0.3) is 10.9 Å². The molecular formula is C25H27N3O3S. The molecule has 1 aromatic heterocycles. The fraction of sp³-hybridized carbons (Fsp3) is 0.360. The van der Waals surface area contributed by atoms with E-state index in [1.807, 2.05) is 72.1 Å². The van der Waals surface area contributed by atoms with Crippen molar-refractivity contribution < 1.29 is 13.8 Å². The lowest BCUT2D eigenvalue weighted by atomic mass is 9.90. The molecule has 2 saturated heterocycles. The Labute approximate surface area is 188 Å². The maximum absolute atomic E-state index is 13.6. The Morgan fingerprint density at radius 2 is 1.75 bits per heavy atom. The van der Waals surface area contributed by atoms with E-state index < -0.39 is 15.6 Å². The highest BCUT2D eigenvalue weighted by molar-refractivity contribution is 7.94. The molecule has 6 nitrogen and oxygen atoms in total. The molecule has 2 bridgehead atoms. The molecule has 2 unspecified atom stereocenters. The van der Waals surface area contributed by atoms with Crippen molar-refractivity contribution in [1.29, 1.82) is 0 Å². The molecule has 5 rings (SSSR count). The molecule has 2 amide bonds. The van der Waals surface area contributed by atoms with Gasteiger partial charge in [0.2, 0.25) is 0 Å². The van der Waals surface area contributed by atoms with Gasteiger partial charge in [-0.3, -0.25) is 9.59 Å². The topological polar surface area (TPSA) is 71.7 Å². The number of carbonyl (C=O) groups excluding carboxylic acids is 2. The van der Waals surface area contributed by atoms with Crippen molar-refractivity contribution in [3.63, 3.8) is 0 Å². The second-order valence-electron chi connectivity index (χ2n) is 9.25. The van der Waals surface area contributed by atoms with Gasteiger partial charge in [-0.05, 0) is 60.9 Å². The van der Waals surface area contributed by atoms with Gasteiger partial charge >= 0.3 is 0 Å². The Morgan fingerprint density at radius 1 is 1.00 bits per heavy atom. The minimum atomic E-state index is -2.64. The molecule has 32 heavy (non-hydrogen) atoms. The Morgan fingerprint density at radius 3 is 2.47 bits per heavy atom. The van der Waals surface area contributed by atoms with E-state index in [9.17, 15) is 13.8 Å². The van der Waals surface area contributed by atoms with Gasteiger partial charge in [-0.15, -0.1) is 0 Å². The molecule has 2 aromatic carbocycles. The normalized spacial score (nSPS) is 25.0. The molecule has 0 N–H and O–H groups in total. The molecule has 0 aliphatic carbocycles. The summed E-state index contributed by atoms with van der Waals surface area (Å²) in [5.41, 5.74) is 3.17. The van der Waals surface area contributed by atoms with E-state index in [1.54, 1.807) is 6.07 Å². The van der Waals surface area contributed by atoms with E-state index in [2.05, 4.69) is 4.36 Å². The predicted octanol–water partition coefficient (Wildman–Crippen LogP) is 3.89. The van der Waals surface area contributed by atoms with Gasteiger partial charge in [0.15, 0.2) is 0 Å². The summed E-state index contributed by atoms with van der Waals surface area (Å²) in [5.74, 6) is 0.580. The molecule has 7 heteroatoms. The number of likely N-dealkylation sites (tertiary alicyclic amines) is 1. The Bertz CT molecular complexity index is 1330. The summed E-state index contributed by atoms with van der Waals surface area (Å²) in [6.45, 7) is 3.11. The van der Waals surface area contributed by atoms with E-state index in [1.165, 1.54) is 0 Å². The van der Waals surface area contributed by atoms with Gasteiger partial charge in [-0.25, -0.2) is 4.21 Å². The van der Waals surface area contributed by atoms with Gasteiger partial charge < -0.3 is 9.47 Å². The smallest absolute Gasteiger partial charge is 0.285 e. The summed E-state index contributed by atoms with van der Waals surface area (Å²) < 4.78 is 19.8. The minimum absolute atomic E-state index is 0.0284. The van der Waals surface area contributed by atoms with Crippen molar-refractivity contribution in [3.05, 3.63) is 71.4 Å². The van der Waals surface area contributed by atoms with Crippen molar-refractivity contribution in [2.24, 2.45) is 23.2 Å². The van der Waals surface area contributed by atoms with Crippen molar-refractivity contribution >= 4 is 32.4 Å². The van der Waals surface area contributed by atoms with Crippen molar-refractivity contribution in [3.8, 4) is 0 Å². The fourth-order valence-electron chi connectivity index (χ4n) is 5.16. The first-order valence-corrected chi connectivity index (χ1v) is 12.8. The van der Waals surface area contributed by atoms with Crippen LogP contribution < -0.4 is 0 Å². The first-order valence-electron chi connectivity index (χ1n) is 11.0. The molecule has 0 radical (unpaired) electrons. The standard InChI is InChI=1S/C25H27N3O3S/c1-17-4-3-5-22(10-17)25(30)28-13-18-11-19(14-28)16-32(31,15-18)26-24(29)21-7-6-20-8-9-27(2)23(20)12-21/h3-10,12,18-19H,11,13-16H2,1-2H3. The van der Waals surface area contributed by atoms with Crippen LogP contribution in [0.2, 0.25) is 0 Å². The highest BCUT2D eigenvalue weighted by Gasteiger charge is 2.38. The number of benzene rings is 2. The summed E-state index contributed by atoms with van der Waals surface area (Å²) in [6.07, 6.45) is 2.89. The van der Waals surface area contributed by atoms with Crippen LogP contribution in [-0.4, -0.2) is 50.1 Å². The monoisotopic (exact) mass is 449 g/mol. The van der Waals surface area contributed by atoms with Crippen molar-refractivity contribution in [2.75, 3.05) is 24.6 Å². The zero-order chi connectivity index (χ0) is 22.5. The number of hydrogen-bond donors (Lipinski definition) is 0. The maximum atomic E-state index is 13.6. The molecule has 2 aliphatic rings. The Hall–Kier alpha value is -2.93. The molecule has 2 atom stereocenters. The van der Waals surface area contributed by atoms with E-state index in [0.717, 1.165) is 22.9 Å². The van der Waals surface area contributed by atoms with Gasteiger partial charge in [-0.2, -0.15) is 4.36 Å². The van der Waals surface area contributed by atoms with Gasteiger partial charge in [0.1, 0.15) is 0 Å². The Kier molecular flexibility index (Phi) is 5.16. The zero-order valence-corrected chi connectivity index (χ0v) is 19.2. The average molecular weight is 450 g/mol. The minimum Gasteiger partial charge on any atom is -0.351 e.